The van der Waals surface area contributed by atoms with E-state index in [1.165, 1.54) is 11.1 Å². The van der Waals surface area contributed by atoms with Gasteiger partial charge in [0.15, 0.2) is 0 Å². The van der Waals surface area contributed by atoms with Gasteiger partial charge in [-0.25, -0.2) is 0 Å². The second-order valence-corrected chi connectivity index (χ2v) is 11.8. The van der Waals surface area contributed by atoms with Gasteiger partial charge < -0.3 is 37.9 Å². The van der Waals surface area contributed by atoms with Gasteiger partial charge in [0.1, 0.15) is 49.1 Å². The van der Waals surface area contributed by atoms with E-state index in [-0.39, 0.29) is 29.8 Å². The van der Waals surface area contributed by atoms with Crippen LogP contribution >= 0.6 is 0 Å². The van der Waals surface area contributed by atoms with Gasteiger partial charge in [-0.3, -0.25) is 0 Å². The summed E-state index contributed by atoms with van der Waals surface area (Å²) in [6, 6.07) is 16.6. The minimum atomic E-state index is -0.173. The third-order valence-corrected chi connectivity index (χ3v) is 7.92. The van der Waals surface area contributed by atoms with Gasteiger partial charge in [0.25, 0.3) is 0 Å². The van der Waals surface area contributed by atoms with Gasteiger partial charge in [-0.05, 0) is 48.2 Å². The molecule has 43 heavy (non-hydrogen) atoms. The molecule has 8 heteroatoms. The molecule has 0 saturated carbocycles. The lowest BCUT2D eigenvalue weighted by molar-refractivity contribution is -0.0375. The molecule has 2 aromatic carbocycles. The summed E-state index contributed by atoms with van der Waals surface area (Å²) in [5.41, 5.74) is 2.25. The van der Waals surface area contributed by atoms with Gasteiger partial charge >= 0.3 is 0 Å². The fourth-order valence-electron chi connectivity index (χ4n) is 4.78. The standard InChI is InChI=1S/C35H52O8/c1-5-7-17-36-23-31(33-25-42-33)40-21-19-38-29-13-9-27(10-14-29)35(3,4)28-11-15-30(16-12-28)39-20-22-41-32(34-26-43-34)24-37-18-8-6-2/h9-16,31-34H,5-8,17-26H2,1-4H3. The zero-order valence-corrected chi connectivity index (χ0v) is 26.6. The number of ether oxygens (including phenoxy) is 8. The number of benzene rings is 2. The van der Waals surface area contributed by atoms with Crippen LogP contribution in [0.5, 0.6) is 11.5 Å². The SMILES string of the molecule is CCCCOCC(OCCOc1ccc(C(C)(C)c2ccc(OCCOC(COCCCC)C3CO3)cc2)cc1)C1CO1. The third-order valence-electron chi connectivity index (χ3n) is 7.92. The van der Waals surface area contributed by atoms with E-state index >= 15 is 0 Å². The highest BCUT2D eigenvalue weighted by Gasteiger charge is 2.34. The van der Waals surface area contributed by atoms with Crippen molar-refractivity contribution in [3.05, 3.63) is 59.7 Å². The van der Waals surface area contributed by atoms with E-state index in [0.29, 0.717) is 39.6 Å². The van der Waals surface area contributed by atoms with Gasteiger partial charge in [-0.2, -0.15) is 0 Å². The fraction of sp³-hybridized carbons (Fsp3) is 0.657. The lowest BCUT2D eigenvalue weighted by atomic mass is 9.78. The Labute approximate surface area is 258 Å². The number of hydrogen-bond donors (Lipinski definition) is 0. The van der Waals surface area contributed by atoms with Crippen LogP contribution in [0.2, 0.25) is 0 Å². The molecule has 2 aliphatic heterocycles. The zero-order chi connectivity index (χ0) is 30.3. The van der Waals surface area contributed by atoms with Crippen molar-refractivity contribution in [2.24, 2.45) is 0 Å². The van der Waals surface area contributed by atoms with Crippen molar-refractivity contribution >= 4 is 0 Å². The zero-order valence-electron chi connectivity index (χ0n) is 26.6. The quantitative estimate of drug-likeness (QED) is 0.108. The third kappa shape index (κ3) is 11.7. The Balaban J connectivity index is 1.16. The summed E-state index contributed by atoms with van der Waals surface area (Å²) in [5, 5.41) is 0. The number of rotatable bonds is 24. The predicted molar refractivity (Wildman–Crippen MR) is 166 cm³/mol. The monoisotopic (exact) mass is 600 g/mol. The van der Waals surface area contributed by atoms with Crippen LogP contribution in [0.3, 0.4) is 0 Å². The summed E-state index contributed by atoms with van der Waals surface area (Å²) < 4.78 is 46.2. The summed E-state index contributed by atoms with van der Waals surface area (Å²) in [4.78, 5) is 0. The molecule has 4 atom stereocenters. The van der Waals surface area contributed by atoms with Crippen molar-refractivity contribution in [3.63, 3.8) is 0 Å². The maximum atomic E-state index is 5.99. The van der Waals surface area contributed by atoms with Crippen molar-refractivity contribution in [1.29, 1.82) is 0 Å². The van der Waals surface area contributed by atoms with Crippen LogP contribution in [0.1, 0.15) is 64.5 Å². The molecular formula is C35H52O8. The van der Waals surface area contributed by atoms with Crippen LogP contribution in [0.4, 0.5) is 0 Å². The van der Waals surface area contributed by atoms with E-state index in [2.05, 4.69) is 52.0 Å². The second-order valence-electron chi connectivity index (χ2n) is 11.8. The Morgan fingerprint density at radius 2 is 1.02 bits per heavy atom. The smallest absolute Gasteiger partial charge is 0.119 e. The molecule has 0 aromatic heterocycles. The molecule has 240 valence electrons. The van der Waals surface area contributed by atoms with Gasteiger partial charge in [0, 0.05) is 18.6 Å². The first-order valence-corrected chi connectivity index (χ1v) is 16.1. The van der Waals surface area contributed by atoms with Gasteiger partial charge in [-0.15, -0.1) is 0 Å². The van der Waals surface area contributed by atoms with Crippen LogP contribution in [0, 0.1) is 0 Å². The van der Waals surface area contributed by atoms with E-state index in [1.807, 2.05) is 24.3 Å². The van der Waals surface area contributed by atoms with E-state index in [4.69, 9.17) is 37.9 Å². The van der Waals surface area contributed by atoms with Crippen LogP contribution in [-0.4, -0.2) is 90.5 Å². The van der Waals surface area contributed by atoms with Crippen molar-refractivity contribution < 1.29 is 37.9 Å². The molecule has 4 rings (SSSR count). The average Bonchev–Trinajstić information content (AvgIpc) is 3.94. The minimum Gasteiger partial charge on any atom is -0.491 e. The van der Waals surface area contributed by atoms with E-state index in [1.54, 1.807) is 0 Å². The highest BCUT2D eigenvalue weighted by Crippen LogP contribution is 2.33. The molecule has 2 aliphatic rings. The Hall–Kier alpha value is -2.20. The van der Waals surface area contributed by atoms with Crippen molar-refractivity contribution in [1.82, 2.24) is 0 Å². The van der Waals surface area contributed by atoms with Crippen molar-refractivity contribution in [2.75, 3.05) is 66.1 Å². The van der Waals surface area contributed by atoms with Gasteiger partial charge in [0.05, 0.1) is 39.6 Å². The Morgan fingerprint density at radius 3 is 1.37 bits per heavy atom. The van der Waals surface area contributed by atoms with Gasteiger partial charge in [0.2, 0.25) is 0 Å². The Morgan fingerprint density at radius 1 is 0.628 bits per heavy atom. The van der Waals surface area contributed by atoms with Crippen LogP contribution in [0.15, 0.2) is 48.5 Å². The summed E-state index contributed by atoms with van der Waals surface area (Å²) in [5.74, 6) is 1.66. The largest absolute Gasteiger partial charge is 0.491 e. The number of hydrogen-bond acceptors (Lipinski definition) is 8. The molecule has 2 heterocycles. The molecule has 0 bridgehead atoms. The summed E-state index contributed by atoms with van der Waals surface area (Å²) in [7, 11) is 0. The average molecular weight is 601 g/mol. The summed E-state index contributed by atoms with van der Waals surface area (Å²) in [6.45, 7) is 14.9. The lowest BCUT2D eigenvalue weighted by Gasteiger charge is -2.26. The van der Waals surface area contributed by atoms with E-state index < -0.39 is 0 Å². The predicted octanol–water partition coefficient (Wildman–Crippen LogP) is 5.97. The first-order chi connectivity index (χ1) is 21.0. The van der Waals surface area contributed by atoms with Crippen molar-refractivity contribution in [2.45, 2.75) is 83.2 Å². The molecule has 0 spiro atoms. The molecule has 8 nitrogen and oxygen atoms in total. The van der Waals surface area contributed by atoms with Crippen LogP contribution in [-0.2, 0) is 33.8 Å². The first kappa shape index (κ1) is 33.7. The molecule has 0 aliphatic carbocycles. The molecule has 4 unspecified atom stereocenters. The topological polar surface area (TPSA) is 80.4 Å². The van der Waals surface area contributed by atoms with Crippen LogP contribution < -0.4 is 9.47 Å². The molecule has 0 N–H and O–H groups in total. The fourth-order valence-corrected chi connectivity index (χ4v) is 4.78. The maximum absolute atomic E-state index is 5.99. The molecule has 0 amide bonds. The molecule has 2 saturated heterocycles. The molecule has 2 aromatic rings. The summed E-state index contributed by atoms with van der Waals surface area (Å²) >= 11 is 0. The highest BCUT2D eigenvalue weighted by molar-refractivity contribution is 5.41. The Kier molecular flexibility index (Phi) is 14.1. The molecular weight excluding hydrogens is 548 g/mol. The van der Waals surface area contributed by atoms with E-state index in [9.17, 15) is 0 Å². The second kappa shape index (κ2) is 17.9. The minimum absolute atomic E-state index is 0.0243. The lowest BCUT2D eigenvalue weighted by Crippen LogP contribution is -2.28. The summed E-state index contributed by atoms with van der Waals surface area (Å²) in [6.07, 6.45) is 4.64. The normalized spacial score (nSPS) is 19.2. The van der Waals surface area contributed by atoms with E-state index in [0.717, 1.165) is 63.6 Å². The molecule has 0 radical (unpaired) electrons. The first-order valence-electron chi connectivity index (χ1n) is 16.1. The molecule has 2 fully saturated rings. The number of epoxide rings is 2. The van der Waals surface area contributed by atoms with Gasteiger partial charge in [-0.1, -0.05) is 64.8 Å². The Bertz CT molecular complexity index is 936. The number of unbranched alkanes of at least 4 members (excludes halogenated alkanes) is 2. The maximum Gasteiger partial charge on any atom is 0.119 e. The van der Waals surface area contributed by atoms with Crippen LogP contribution in [0.25, 0.3) is 0 Å². The van der Waals surface area contributed by atoms with Crippen molar-refractivity contribution in [3.8, 4) is 11.5 Å². The highest BCUT2D eigenvalue weighted by atomic mass is 16.6.